The van der Waals surface area contributed by atoms with E-state index in [-0.39, 0.29) is 0 Å². The minimum atomic E-state index is 0.809. The first-order valence-electron chi connectivity index (χ1n) is 10.1. The van der Waals surface area contributed by atoms with Crippen LogP contribution in [0.2, 0.25) is 0 Å². The first-order valence-corrected chi connectivity index (χ1v) is 10.1. The lowest BCUT2D eigenvalue weighted by molar-refractivity contribution is 0.140. The first-order chi connectivity index (χ1) is 10.3. The maximum absolute atomic E-state index is 4.17. The third kappa shape index (κ3) is 2.13. The molecule has 0 aliphatic heterocycles. The lowest BCUT2D eigenvalue weighted by Crippen LogP contribution is -2.46. The van der Waals surface area contributed by atoms with Crippen molar-refractivity contribution in [1.82, 2.24) is 5.32 Å². The van der Waals surface area contributed by atoms with Crippen molar-refractivity contribution < 1.29 is 0 Å². The van der Waals surface area contributed by atoms with Gasteiger partial charge in [-0.15, -0.1) is 0 Å². The van der Waals surface area contributed by atoms with E-state index < -0.39 is 0 Å². The van der Waals surface area contributed by atoms with Crippen LogP contribution in [0.1, 0.15) is 83.5 Å². The van der Waals surface area contributed by atoms with Gasteiger partial charge in [0, 0.05) is 12.1 Å². The second-order valence-corrected chi connectivity index (χ2v) is 9.41. The van der Waals surface area contributed by atoms with Crippen molar-refractivity contribution in [1.29, 1.82) is 0 Å². The lowest BCUT2D eigenvalue weighted by atomic mass is 9.71. The molecule has 0 aromatic rings. The highest BCUT2D eigenvalue weighted by atomic mass is 15.0. The third-order valence-corrected chi connectivity index (χ3v) is 8.59. The van der Waals surface area contributed by atoms with Gasteiger partial charge < -0.3 is 5.32 Å². The molecule has 0 saturated heterocycles. The van der Waals surface area contributed by atoms with Gasteiger partial charge in [-0.3, -0.25) is 0 Å². The van der Waals surface area contributed by atoms with Crippen LogP contribution in [0.15, 0.2) is 0 Å². The van der Waals surface area contributed by atoms with Gasteiger partial charge in [-0.25, -0.2) is 0 Å². The summed E-state index contributed by atoms with van der Waals surface area (Å²) in [5.41, 5.74) is 0.809. The Morgan fingerprint density at radius 1 is 0.667 bits per heavy atom. The Kier molecular flexibility index (Phi) is 3.18. The van der Waals surface area contributed by atoms with Crippen molar-refractivity contribution in [3.05, 3.63) is 0 Å². The van der Waals surface area contributed by atoms with Gasteiger partial charge in [0.25, 0.3) is 0 Å². The topological polar surface area (TPSA) is 12.0 Å². The van der Waals surface area contributed by atoms with Crippen molar-refractivity contribution >= 4 is 0 Å². The van der Waals surface area contributed by atoms with Crippen LogP contribution in [-0.4, -0.2) is 12.1 Å². The summed E-state index contributed by atoms with van der Waals surface area (Å²) < 4.78 is 0. The predicted molar refractivity (Wildman–Crippen MR) is 87.1 cm³/mol. The molecule has 5 aliphatic carbocycles. The molecule has 5 atom stereocenters. The predicted octanol–water partition coefficient (Wildman–Crippen LogP) is 4.90. The quantitative estimate of drug-likeness (QED) is 0.761. The lowest BCUT2D eigenvalue weighted by Gasteiger charge is -2.41. The molecule has 2 bridgehead atoms. The van der Waals surface area contributed by atoms with Crippen molar-refractivity contribution in [2.45, 2.75) is 95.6 Å². The van der Waals surface area contributed by atoms with E-state index in [1.54, 1.807) is 38.5 Å². The van der Waals surface area contributed by atoms with Crippen molar-refractivity contribution in [2.75, 3.05) is 0 Å². The highest BCUT2D eigenvalue weighted by Crippen LogP contribution is 2.59. The Morgan fingerprint density at radius 3 is 2.24 bits per heavy atom. The highest BCUT2D eigenvalue weighted by Gasteiger charge is 2.54. The highest BCUT2D eigenvalue weighted by molar-refractivity contribution is 5.06. The van der Waals surface area contributed by atoms with E-state index in [4.69, 9.17) is 0 Å². The Balaban J connectivity index is 1.18. The molecule has 0 amide bonds. The zero-order valence-electron chi connectivity index (χ0n) is 13.7. The number of nitrogens with one attached hydrogen (secondary N) is 1. The van der Waals surface area contributed by atoms with E-state index in [1.165, 1.54) is 44.9 Å². The molecular weight excluding hydrogens is 254 g/mol. The van der Waals surface area contributed by atoms with Gasteiger partial charge in [0.1, 0.15) is 0 Å². The van der Waals surface area contributed by atoms with Gasteiger partial charge >= 0.3 is 0 Å². The second kappa shape index (κ2) is 4.98. The monoisotopic (exact) mass is 287 g/mol. The summed E-state index contributed by atoms with van der Waals surface area (Å²) in [5.74, 6) is 4.47. The van der Waals surface area contributed by atoms with Crippen LogP contribution in [0.4, 0.5) is 0 Å². The van der Waals surface area contributed by atoms with Crippen LogP contribution < -0.4 is 5.32 Å². The first kappa shape index (κ1) is 13.4. The summed E-state index contributed by atoms with van der Waals surface area (Å²) in [6, 6.07) is 1.79. The normalized spacial score (nSPS) is 48.3. The molecule has 1 spiro atoms. The summed E-state index contributed by atoms with van der Waals surface area (Å²) in [6.07, 6.45) is 20.0. The maximum atomic E-state index is 4.17. The SMILES string of the molecule is C1CC2C3CC(NC4CCC5(CCCC5)CC4)C(C3)C2C1. The largest absolute Gasteiger partial charge is 0.311 e. The Morgan fingerprint density at radius 2 is 1.43 bits per heavy atom. The van der Waals surface area contributed by atoms with E-state index in [1.807, 2.05) is 0 Å². The van der Waals surface area contributed by atoms with Crippen LogP contribution in [0.5, 0.6) is 0 Å². The molecule has 5 aliphatic rings. The standard InChI is InChI=1S/C20H33N/c1-2-9-20(8-1)10-6-15(7-11-20)21-19-13-14-12-18(19)17-5-3-4-16(14)17/h14-19,21H,1-13H2. The van der Waals surface area contributed by atoms with Gasteiger partial charge in [0.15, 0.2) is 0 Å². The Labute approximate surface area is 130 Å². The van der Waals surface area contributed by atoms with Crippen LogP contribution in [-0.2, 0) is 0 Å². The second-order valence-electron chi connectivity index (χ2n) is 9.41. The van der Waals surface area contributed by atoms with Crippen LogP contribution >= 0.6 is 0 Å². The summed E-state index contributed by atoms with van der Waals surface area (Å²) in [5, 5.41) is 4.17. The average molecular weight is 287 g/mol. The number of hydrogen-bond donors (Lipinski definition) is 1. The summed E-state index contributed by atoms with van der Waals surface area (Å²) in [7, 11) is 0. The van der Waals surface area contributed by atoms with E-state index in [0.29, 0.717) is 0 Å². The fraction of sp³-hybridized carbons (Fsp3) is 1.00. The fourth-order valence-electron chi connectivity index (χ4n) is 7.58. The molecule has 5 unspecified atom stereocenters. The molecule has 0 aromatic carbocycles. The molecule has 0 aromatic heterocycles. The van der Waals surface area contributed by atoms with Gasteiger partial charge in [0.05, 0.1) is 0 Å². The summed E-state index contributed by atoms with van der Waals surface area (Å²) in [6.45, 7) is 0. The minimum absolute atomic E-state index is 0.809. The number of fused-ring (bicyclic) bond motifs is 5. The molecule has 21 heavy (non-hydrogen) atoms. The summed E-state index contributed by atoms with van der Waals surface area (Å²) in [4.78, 5) is 0. The van der Waals surface area contributed by atoms with E-state index in [0.717, 1.165) is 41.2 Å². The molecule has 0 radical (unpaired) electrons. The van der Waals surface area contributed by atoms with Crippen LogP contribution in [0, 0.1) is 29.1 Å². The molecule has 5 fully saturated rings. The van der Waals surface area contributed by atoms with E-state index >= 15 is 0 Å². The fourth-order valence-corrected chi connectivity index (χ4v) is 7.58. The molecule has 1 nitrogen and oxygen atoms in total. The smallest absolute Gasteiger partial charge is 0.0103 e. The number of rotatable bonds is 2. The maximum Gasteiger partial charge on any atom is 0.0103 e. The van der Waals surface area contributed by atoms with E-state index in [9.17, 15) is 0 Å². The molecule has 0 heterocycles. The number of hydrogen-bond acceptors (Lipinski definition) is 1. The van der Waals surface area contributed by atoms with Gasteiger partial charge in [-0.2, -0.15) is 0 Å². The third-order valence-electron chi connectivity index (χ3n) is 8.59. The molecule has 118 valence electrons. The minimum Gasteiger partial charge on any atom is -0.311 e. The molecule has 5 saturated carbocycles. The van der Waals surface area contributed by atoms with Crippen molar-refractivity contribution in [3.63, 3.8) is 0 Å². The van der Waals surface area contributed by atoms with Crippen LogP contribution in [0.3, 0.4) is 0 Å². The van der Waals surface area contributed by atoms with Crippen molar-refractivity contribution in [3.8, 4) is 0 Å². The van der Waals surface area contributed by atoms with Crippen LogP contribution in [0.25, 0.3) is 0 Å². The van der Waals surface area contributed by atoms with Gasteiger partial charge in [-0.05, 0) is 93.3 Å². The molecular formula is C20H33N. The zero-order chi connectivity index (χ0) is 13.9. The average Bonchev–Trinajstić information content (AvgIpc) is 3.23. The molecule has 1 N–H and O–H groups in total. The van der Waals surface area contributed by atoms with Crippen molar-refractivity contribution in [2.24, 2.45) is 29.1 Å². The van der Waals surface area contributed by atoms with E-state index in [2.05, 4.69) is 5.32 Å². The van der Waals surface area contributed by atoms with Gasteiger partial charge in [-0.1, -0.05) is 19.3 Å². The molecule has 5 rings (SSSR count). The zero-order valence-corrected chi connectivity index (χ0v) is 13.7. The Bertz CT molecular complexity index is 387. The molecule has 1 heteroatoms. The van der Waals surface area contributed by atoms with Gasteiger partial charge in [0.2, 0.25) is 0 Å². The summed E-state index contributed by atoms with van der Waals surface area (Å²) >= 11 is 0. The Hall–Kier alpha value is -0.0400.